The van der Waals surface area contributed by atoms with E-state index in [1.54, 1.807) is 0 Å². The average molecular weight is 205 g/mol. The Morgan fingerprint density at radius 3 is 2.00 bits per heavy atom. The zero-order valence-corrected chi connectivity index (χ0v) is 10.6. The van der Waals surface area contributed by atoms with Gasteiger partial charge in [-0.1, -0.05) is 24.6 Å². The lowest BCUT2D eigenvalue weighted by Crippen LogP contribution is -2.38. The number of benzene rings is 1. The molecule has 0 fully saturated rings. The minimum atomic E-state index is -0.0786. The molecule has 0 aliphatic heterocycles. The summed E-state index contributed by atoms with van der Waals surface area (Å²) in [4.78, 5) is 0. The van der Waals surface area contributed by atoms with Gasteiger partial charge in [0, 0.05) is 5.54 Å². The maximum absolute atomic E-state index is 6.22. The maximum Gasteiger partial charge on any atom is 0.0164 e. The minimum absolute atomic E-state index is 0.0786. The first-order valence-electron chi connectivity index (χ1n) is 5.71. The Morgan fingerprint density at radius 2 is 1.60 bits per heavy atom. The Kier molecular flexibility index (Phi) is 3.56. The summed E-state index contributed by atoms with van der Waals surface area (Å²) in [5.41, 5.74) is 11.7. The monoisotopic (exact) mass is 205 g/mol. The molecule has 0 amide bonds. The molecule has 15 heavy (non-hydrogen) atoms. The van der Waals surface area contributed by atoms with Crippen LogP contribution in [0.2, 0.25) is 0 Å². The maximum atomic E-state index is 6.22. The number of hydrogen-bond acceptors (Lipinski definition) is 1. The molecule has 1 heteroatoms. The van der Waals surface area contributed by atoms with Crippen molar-refractivity contribution in [2.24, 2.45) is 5.73 Å². The van der Waals surface area contributed by atoms with Gasteiger partial charge in [-0.2, -0.15) is 0 Å². The van der Waals surface area contributed by atoms with Gasteiger partial charge in [0.15, 0.2) is 0 Å². The SMILES string of the molecule is CCC(C)(N)Cc1c(C)cc(C)cc1C. The first-order valence-corrected chi connectivity index (χ1v) is 5.71. The molecule has 1 nitrogen and oxygen atoms in total. The molecule has 0 aromatic heterocycles. The highest BCUT2D eigenvalue weighted by molar-refractivity contribution is 5.38. The van der Waals surface area contributed by atoms with E-state index in [4.69, 9.17) is 5.73 Å². The minimum Gasteiger partial charge on any atom is -0.325 e. The van der Waals surface area contributed by atoms with Crippen LogP contribution in [0.4, 0.5) is 0 Å². The normalized spacial score (nSPS) is 15.1. The van der Waals surface area contributed by atoms with Crippen molar-refractivity contribution >= 4 is 0 Å². The predicted octanol–water partition coefficient (Wildman–Crippen LogP) is 3.28. The predicted molar refractivity (Wildman–Crippen MR) is 67.2 cm³/mol. The summed E-state index contributed by atoms with van der Waals surface area (Å²) in [6.45, 7) is 10.8. The summed E-state index contributed by atoms with van der Waals surface area (Å²) in [5, 5.41) is 0. The second kappa shape index (κ2) is 4.36. The number of aryl methyl sites for hydroxylation is 3. The van der Waals surface area contributed by atoms with Crippen molar-refractivity contribution in [3.63, 3.8) is 0 Å². The standard InChI is InChI=1S/C14H23N/c1-6-14(5,15)9-13-11(3)7-10(2)8-12(13)4/h7-8H,6,9,15H2,1-5H3. The largest absolute Gasteiger partial charge is 0.325 e. The van der Waals surface area contributed by atoms with Crippen LogP contribution in [-0.2, 0) is 6.42 Å². The Bertz CT molecular complexity index is 327. The van der Waals surface area contributed by atoms with Crippen molar-refractivity contribution in [1.82, 2.24) is 0 Å². The van der Waals surface area contributed by atoms with Crippen molar-refractivity contribution in [1.29, 1.82) is 0 Å². The van der Waals surface area contributed by atoms with Crippen LogP contribution in [0.25, 0.3) is 0 Å². The summed E-state index contributed by atoms with van der Waals surface area (Å²) < 4.78 is 0. The first-order chi connectivity index (χ1) is 6.85. The summed E-state index contributed by atoms with van der Waals surface area (Å²) in [7, 11) is 0. The van der Waals surface area contributed by atoms with Gasteiger partial charge in [0.05, 0.1) is 0 Å². The second-order valence-electron chi connectivity index (χ2n) is 5.06. The van der Waals surface area contributed by atoms with E-state index in [0.717, 1.165) is 12.8 Å². The number of hydrogen-bond donors (Lipinski definition) is 1. The molecule has 0 saturated carbocycles. The average Bonchev–Trinajstić information content (AvgIpc) is 2.11. The molecule has 0 saturated heterocycles. The highest BCUT2D eigenvalue weighted by atomic mass is 14.7. The van der Waals surface area contributed by atoms with Crippen LogP contribution in [0, 0.1) is 20.8 Å². The topological polar surface area (TPSA) is 26.0 Å². The molecule has 84 valence electrons. The first kappa shape index (κ1) is 12.3. The Hall–Kier alpha value is -0.820. The highest BCUT2D eigenvalue weighted by Crippen LogP contribution is 2.22. The summed E-state index contributed by atoms with van der Waals surface area (Å²) in [6, 6.07) is 4.49. The van der Waals surface area contributed by atoms with Crippen LogP contribution in [-0.4, -0.2) is 5.54 Å². The molecule has 0 spiro atoms. The third-order valence-electron chi connectivity index (χ3n) is 3.23. The fraction of sp³-hybridized carbons (Fsp3) is 0.571. The van der Waals surface area contributed by atoms with Crippen molar-refractivity contribution in [2.75, 3.05) is 0 Å². The lowest BCUT2D eigenvalue weighted by molar-refractivity contribution is 0.448. The van der Waals surface area contributed by atoms with E-state index >= 15 is 0 Å². The molecule has 0 heterocycles. The van der Waals surface area contributed by atoms with Crippen LogP contribution in [0.15, 0.2) is 12.1 Å². The van der Waals surface area contributed by atoms with Crippen molar-refractivity contribution < 1.29 is 0 Å². The lowest BCUT2D eigenvalue weighted by atomic mass is 9.86. The van der Waals surface area contributed by atoms with E-state index in [2.05, 4.69) is 46.8 Å². The van der Waals surface area contributed by atoms with Crippen LogP contribution in [0.1, 0.15) is 42.5 Å². The van der Waals surface area contributed by atoms with E-state index in [1.165, 1.54) is 22.3 Å². The van der Waals surface area contributed by atoms with E-state index < -0.39 is 0 Å². The van der Waals surface area contributed by atoms with Crippen LogP contribution < -0.4 is 5.73 Å². The molecule has 1 rings (SSSR count). The van der Waals surface area contributed by atoms with Gasteiger partial charge in [-0.05, 0) is 57.2 Å². The van der Waals surface area contributed by atoms with Crippen LogP contribution in [0.5, 0.6) is 0 Å². The Balaban J connectivity index is 3.05. The fourth-order valence-electron chi connectivity index (χ4n) is 2.02. The number of rotatable bonds is 3. The highest BCUT2D eigenvalue weighted by Gasteiger charge is 2.18. The van der Waals surface area contributed by atoms with Gasteiger partial charge in [-0.3, -0.25) is 0 Å². The van der Waals surface area contributed by atoms with E-state index in [-0.39, 0.29) is 5.54 Å². The van der Waals surface area contributed by atoms with Crippen LogP contribution >= 0.6 is 0 Å². The third-order valence-corrected chi connectivity index (χ3v) is 3.23. The third kappa shape index (κ3) is 3.07. The van der Waals surface area contributed by atoms with Gasteiger partial charge in [0.2, 0.25) is 0 Å². The molecule has 0 radical (unpaired) electrons. The summed E-state index contributed by atoms with van der Waals surface area (Å²) >= 11 is 0. The molecule has 2 N–H and O–H groups in total. The molecular formula is C14H23N. The quantitative estimate of drug-likeness (QED) is 0.805. The van der Waals surface area contributed by atoms with Gasteiger partial charge in [-0.15, -0.1) is 0 Å². The van der Waals surface area contributed by atoms with Crippen LogP contribution in [0.3, 0.4) is 0 Å². The summed E-state index contributed by atoms with van der Waals surface area (Å²) in [5.74, 6) is 0. The van der Waals surface area contributed by atoms with Gasteiger partial charge in [0.25, 0.3) is 0 Å². The lowest BCUT2D eigenvalue weighted by Gasteiger charge is -2.25. The van der Waals surface area contributed by atoms with Crippen molar-refractivity contribution in [3.8, 4) is 0 Å². The Morgan fingerprint density at radius 1 is 1.13 bits per heavy atom. The van der Waals surface area contributed by atoms with Crippen molar-refractivity contribution in [3.05, 3.63) is 34.4 Å². The fourth-order valence-corrected chi connectivity index (χ4v) is 2.02. The van der Waals surface area contributed by atoms with E-state index in [1.807, 2.05) is 0 Å². The molecular weight excluding hydrogens is 182 g/mol. The van der Waals surface area contributed by atoms with Crippen molar-refractivity contribution in [2.45, 2.75) is 53.0 Å². The van der Waals surface area contributed by atoms with E-state index in [9.17, 15) is 0 Å². The molecule has 1 unspecified atom stereocenters. The molecule has 1 aromatic carbocycles. The Labute approximate surface area is 93.7 Å². The van der Waals surface area contributed by atoms with Gasteiger partial charge in [0.1, 0.15) is 0 Å². The van der Waals surface area contributed by atoms with Gasteiger partial charge in [-0.25, -0.2) is 0 Å². The summed E-state index contributed by atoms with van der Waals surface area (Å²) in [6.07, 6.45) is 1.99. The van der Waals surface area contributed by atoms with E-state index in [0.29, 0.717) is 0 Å². The molecule has 1 aromatic rings. The molecule has 1 atom stereocenters. The second-order valence-corrected chi connectivity index (χ2v) is 5.06. The van der Waals surface area contributed by atoms with Gasteiger partial charge < -0.3 is 5.73 Å². The van der Waals surface area contributed by atoms with Gasteiger partial charge >= 0.3 is 0 Å². The zero-order valence-electron chi connectivity index (χ0n) is 10.6. The smallest absolute Gasteiger partial charge is 0.0164 e. The molecule has 0 aliphatic rings. The molecule has 0 aliphatic carbocycles. The molecule has 0 bridgehead atoms. The zero-order chi connectivity index (χ0) is 11.6. The number of nitrogens with two attached hydrogens (primary N) is 1.